The molecule has 1 aromatic carbocycles. The van der Waals surface area contributed by atoms with Crippen LogP contribution in [0.15, 0.2) is 30.3 Å². The Morgan fingerprint density at radius 3 is 3.05 bits per heavy atom. The summed E-state index contributed by atoms with van der Waals surface area (Å²) in [7, 11) is 0. The molecule has 2 N–H and O–H groups in total. The van der Waals surface area contributed by atoms with E-state index in [0.29, 0.717) is 16.6 Å². The number of hydrogen-bond acceptors (Lipinski definition) is 4. The van der Waals surface area contributed by atoms with Gasteiger partial charge in [-0.3, -0.25) is 4.79 Å². The number of fused-ring (bicyclic) bond motifs is 1. The van der Waals surface area contributed by atoms with E-state index in [0.717, 1.165) is 29.7 Å². The number of benzene rings is 1. The molecule has 1 amide bonds. The second-order valence-corrected chi connectivity index (χ2v) is 6.59. The first-order valence-corrected chi connectivity index (χ1v) is 7.76. The van der Waals surface area contributed by atoms with Crippen molar-refractivity contribution < 1.29 is 4.79 Å². The van der Waals surface area contributed by atoms with Crippen molar-refractivity contribution in [3.05, 3.63) is 35.9 Å². The molecular weight excluding hydrogens is 270 g/mol. The summed E-state index contributed by atoms with van der Waals surface area (Å²) in [6, 6.07) is 9.33. The third-order valence-electron chi connectivity index (χ3n) is 3.49. The van der Waals surface area contributed by atoms with Crippen LogP contribution >= 0.6 is 11.8 Å². The largest absolute Gasteiger partial charge is 0.384 e. The van der Waals surface area contributed by atoms with Crippen molar-refractivity contribution in [1.29, 1.82) is 0 Å². The molecule has 20 heavy (non-hydrogen) atoms. The van der Waals surface area contributed by atoms with Crippen molar-refractivity contribution in [3.8, 4) is 0 Å². The summed E-state index contributed by atoms with van der Waals surface area (Å²) in [5.74, 6) is 1.44. The Morgan fingerprint density at radius 2 is 2.25 bits per heavy atom. The SMILES string of the molecule is CC1CN(C(=O)c2cc(N)nc3ccccc23)CCS1. The van der Waals surface area contributed by atoms with Crippen LogP contribution < -0.4 is 5.73 Å². The van der Waals surface area contributed by atoms with Gasteiger partial charge in [0, 0.05) is 29.5 Å². The minimum atomic E-state index is 0.0578. The predicted molar refractivity (Wildman–Crippen MR) is 84.0 cm³/mol. The van der Waals surface area contributed by atoms with E-state index in [1.807, 2.05) is 40.9 Å². The van der Waals surface area contributed by atoms with Gasteiger partial charge in [-0.1, -0.05) is 25.1 Å². The van der Waals surface area contributed by atoms with E-state index in [1.165, 1.54) is 0 Å². The standard InChI is InChI=1S/C15H17N3OS/c1-10-9-18(6-7-20-10)15(19)12-8-14(16)17-13-5-3-2-4-11(12)13/h2-5,8,10H,6-7,9H2,1H3,(H2,16,17). The predicted octanol–water partition coefficient (Wildman–Crippen LogP) is 2.39. The van der Waals surface area contributed by atoms with E-state index in [1.54, 1.807) is 6.07 Å². The number of nitrogen functional groups attached to an aromatic ring is 1. The molecule has 1 aliphatic heterocycles. The molecule has 104 valence electrons. The van der Waals surface area contributed by atoms with Gasteiger partial charge in [0.25, 0.3) is 5.91 Å². The van der Waals surface area contributed by atoms with E-state index in [4.69, 9.17) is 5.73 Å². The molecule has 3 rings (SSSR count). The number of pyridine rings is 1. The molecular formula is C15H17N3OS. The first kappa shape index (κ1) is 13.2. The van der Waals surface area contributed by atoms with Crippen molar-refractivity contribution in [2.75, 3.05) is 24.6 Å². The highest BCUT2D eigenvalue weighted by Gasteiger charge is 2.24. The average molecular weight is 287 g/mol. The lowest BCUT2D eigenvalue weighted by Crippen LogP contribution is -2.41. The fraction of sp³-hybridized carbons (Fsp3) is 0.333. The number of aromatic nitrogens is 1. The Balaban J connectivity index is 2.02. The molecule has 1 unspecified atom stereocenters. The third-order valence-corrected chi connectivity index (χ3v) is 4.63. The first-order chi connectivity index (χ1) is 9.65. The van der Waals surface area contributed by atoms with Gasteiger partial charge < -0.3 is 10.6 Å². The fourth-order valence-corrected chi connectivity index (χ4v) is 3.56. The highest BCUT2D eigenvalue weighted by molar-refractivity contribution is 7.99. The first-order valence-electron chi connectivity index (χ1n) is 6.71. The van der Waals surface area contributed by atoms with Gasteiger partial charge in [0.15, 0.2) is 0 Å². The molecule has 0 radical (unpaired) electrons. The molecule has 0 bridgehead atoms. The number of para-hydroxylation sites is 1. The maximum atomic E-state index is 12.7. The Kier molecular flexibility index (Phi) is 3.53. The number of nitrogens with two attached hydrogens (primary N) is 1. The Labute approximate surface area is 122 Å². The summed E-state index contributed by atoms with van der Waals surface area (Å²) in [4.78, 5) is 18.9. The van der Waals surface area contributed by atoms with Crippen molar-refractivity contribution in [1.82, 2.24) is 9.88 Å². The van der Waals surface area contributed by atoms with Crippen molar-refractivity contribution in [2.24, 2.45) is 0 Å². The van der Waals surface area contributed by atoms with Gasteiger partial charge in [0.2, 0.25) is 0 Å². The molecule has 1 aliphatic rings. The maximum absolute atomic E-state index is 12.7. The number of nitrogens with zero attached hydrogens (tertiary/aromatic N) is 2. The monoisotopic (exact) mass is 287 g/mol. The lowest BCUT2D eigenvalue weighted by molar-refractivity contribution is 0.0765. The maximum Gasteiger partial charge on any atom is 0.254 e. The van der Waals surface area contributed by atoms with Crippen LogP contribution in [0, 0.1) is 0 Å². The summed E-state index contributed by atoms with van der Waals surface area (Å²) in [6.07, 6.45) is 0. The van der Waals surface area contributed by atoms with Gasteiger partial charge >= 0.3 is 0 Å². The number of amides is 1. The molecule has 0 spiro atoms. The fourth-order valence-electron chi connectivity index (χ4n) is 2.55. The lowest BCUT2D eigenvalue weighted by Gasteiger charge is -2.31. The molecule has 1 atom stereocenters. The van der Waals surface area contributed by atoms with Gasteiger partial charge in [-0.05, 0) is 12.1 Å². The van der Waals surface area contributed by atoms with Crippen LogP contribution in [0.3, 0.4) is 0 Å². The number of anilines is 1. The van der Waals surface area contributed by atoms with Crippen LogP contribution in [0.25, 0.3) is 10.9 Å². The summed E-state index contributed by atoms with van der Waals surface area (Å²) in [6.45, 7) is 3.74. The van der Waals surface area contributed by atoms with Crippen molar-refractivity contribution in [2.45, 2.75) is 12.2 Å². The topological polar surface area (TPSA) is 59.2 Å². The van der Waals surface area contributed by atoms with Gasteiger partial charge in [-0.25, -0.2) is 4.98 Å². The van der Waals surface area contributed by atoms with Crippen LogP contribution in [-0.4, -0.2) is 39.9 Å². The van der Waals surface area contributed by atoms with Gasteiger partial charge in [-0.2, -0.15) is 11.8 Å². The number of hydrogen-bond donors (Lipinski definition) is 1. The van der Waals surface area contributed by atoms with E-state index in [9.17, 15) is 4.79 Å². The summed E-state index contributed by atoms with van der Waals surface area (Å²) < 4.78 is 0. The van der Waals surface area contributed by atoms with E-state index >= 15 is 0 Å². The molecule has 5 heteroatoms. The average Bonchev–Trinajstić information content (AvgIpc) is 2.45. The quantitative estimate of drug-likeness (QED) is 0.875. The molecule has 4 nitrogen and oxygen atoms in total. The summed E-state index contributed by atoms with van der Waals surface area (Å²) in [5.41, 5.74) is 7.27. The zero-order valence-electron chi connectivity index (χ0n) is 11.4. The van der Waals surface area contributed by atoms with Gasteiger partial charge in [0.1, 0.15) is 5.82 Å². The van der Waals surface area contributed by atoms with Gasteiger partial charge in [0.05, 0.1) is 11.1 Å². The Bertz CT molecular complexity index is 659. The van der Waals surface area contributed by atoms with Crippen molar-refractivity contribution >= 4 is 34.4 Å². The second-order valence-electron chi connectivity index (χ2n) is 5.04. The van der Waals surface area contributed by atoms with Crippen LogP contribution in [-0.2, 0) is 0 Å². The Morgan fingerprint density at radius 1 is 1.45 bits per heavy atom. The van der Waals surface area contributed by atoms with Gasteiger partial charge in [-0.15, -0.1) is 0 Å². The zero-order chi connectivity index (χ0) is 14.1. The van der Waals surface area contributed by atoms with Crippen LogP contribution in [0.5, 0.6) is 0 Å². The number of rotatable bonds is 1. The highest BCUT2D eigenvalue weighted by Crippen LogP contribution is 2.24. The van der Waals surface area contributed by atoms with E-state index in [2.05, 4.69) is 11.9 Å². The summed E-state index contributed by atoms with van der Waals surface area (Å²) >= 11 is 1.91. The van der Waals surface area contributed by atoms with Crippen LogP contribution in [0.4, 0.5) is 5.82 Å². The number of carbonyl (C=O) groups excluding carboxylic acids is 1. The summed E-state index contributed by atoms with van der Waals surface area (Å²) in [5, 5.41) is 1.36. The second kappa shape index (κ2) is 5.32. The number of carbonyl (C=O) groups is 1. The van der Waals surface area contributed by atoms with Crippen LogP contribution in [0.1, 0.15) is 17.3 Å². The molecule has 1 aromatic heterocycles. The smallest absolute Gasteiger partial charge is 0.254 e. The Hall–Kier alpha value is -1.75. The molecule has 0 saturated carbocycles. The minimum Gasteiger partial charge on any atom is -0.384 e. The molecule has 1 saturated heterocycles. The minimum absolute atomic E-state index is 0.0578. The third kappa shape index (κ3) is 2.45. The molecule has 2 aromatic rings. The van der Waals surface area contributed by atoms with Crippen molar-refractivity contribution in [3.63, 3.8) is 0 Å². The van der Waals surface area contributed by atoms with Crippen LogP contribution in [0.2, 0.25) is 0 Å². The van der Waals surface area contributed by atoms with E-state index < -0.39 is 0 Å². The zero-order valence-corrected chi connectivity index (χ0v) is 12.2. The molecule has 0 aliphatic carbocycles. The molecule has 1 fully saturated rings. The highest BCUT2D eigenvalue weighted by atomic mass is 32.2. The van der Waals surface area contributed by atoms with E-state index in [-0.39, 0.29) is 5.91 Å². The molecule has 2 heterocycles. The number of thioether (sulfide) groups is 1. The normalized spacial score (nSPS) is 19.2. The lowest BCUT2D eigenvalue weighted by atomic mass is 10.1.